The third-order valence-corrected chi connectivity index (χ3v) is 2.55. The molecular weight excluding hydrogens is 204 g/mol. The second-order valence-corrected chi connectivity index (χ2v) is 3.68. The smallest absolute Gasteiger partial charge is 0.178 e. The van der Waals surface area contributed by atoms with E-state index in [-0.39, 0.29) is 5.78 Å². The minimum Gasteiger partial charge on any atom is -0.497 e. The van der Waals surface area contributed by atoms with Crippen molar-refractivity contribution in [1.82, 2.24) is 0 Å². The predicted molar refractivity (Wildman–Crippen MR) is 62.9 cm³/mol. The molecule has 0 aliphatic heterocycles. The van der Waals surface area contributed by atoms with Gasteiger partial charge >= 0.3 is 0 Å². The fraction of sp³-hybridized carbons (Fsp3) is 0.333. The molecule has 16 heavy (non-hydrogen) atoms. The lowest BCUT2D eigenvalue weighted by atomic mass is 10.3. The van der Waals surface area contributed by atoms with E-state index in [2.05, 4.69) is 10.5 Å². The highest BCUT2D eigenvalue weighted by molar-refractivity contribution is 6.41. The lowest BCUT2D eigenvalue weighted by Crippen LogP contribution is -2.07. The first-order chi connectivity index (χ1) is 7.79. The molecule has 4 nitrogen and oxygen atoms in total. The molecule has 1 aliphatic rings. The van der Waals surface area contributed by atoms with Crippen LogP contribution in [0.5, 0.6) is 5.75 Å². The molecule has 4 heteroatoms. The van der Waals surface area contributed by atoms with Gasteiger partial charge in [0.25, 0.3) is 0 Å². The molecular formula is C12H14N2O2. The maximum atomic E-state index is 11.3. The summed E-state index contributed by atoms with van der Waals surface area (Å²) in [5.41, 5.74) is 4.38. The maximum Gasteiger partial charge on any atom is 0.178 e. The summed E-state index contributed by atoms with van der Waals surface area (Å²) in [7, 11) is 1.62. The zero-order chi connectivity index (χ0) is 11.4. The van der Waals surface area contributed by atoms with Crippen molar-refractivity contribution in [3.8, 4) is 5.75 Å². The second-order valence-electron chi connectivity index (χ2n) is 3.68. The third kappa shape index (κ3) is 2.39. The number of carbonyl (C=O) groups is 1. The van der Waals surface area contributed by atoms with Gasteiger partial charge in [-0.2, -0.15) is 5.10 Å². The van der Waals surface area contributed by atoms with Crippen LogP contribution >= 0.6 is 0 Å². The lowest BCUT2D eigenvalue weighted by molar-refractivity contribution is -0.112. The quantitative estimate of drug-likeness (QED) is 0.791. The SMILES string of the molecule is COc1ccc(NN=C2CCCC2=O)cc1. The van der Waals surface area contributed by atoms with Gasteiger partial charge in [0.05, 0.1) is 12.8 Å². The molecule has 0 spiro atoms. The van der Waals surface area contributed by atoms with Gasteiger partial charge in [-0.1, -0.05) is 0 Å². The summed E-state index contributed by atoms with van der Waals surface area (Å²) in [5.74, 6) is 0.955. The van der Waals surface area contributed by atoms with Crippen molar-refractivity contribution < 1.29 is 9.53 Å². The van der Waals surface area contributed by atoms with Crippen LogP contribution in [0, 0.1) is 0 Å². The Balaban J connectivity index is 2.01. The molecule has 0 saturated heterocycles. The maximum absolute atomic E-state index is 11.3. The van der Waals surface area contributed by atoms with Crippen LogP contribution in [0.4, 0.5) is 5.69 Å². The number of nitrogens with one attached hydrogen (secondary N) is 1. The summed E-state index contributed by atoms with van der Waals surface area (Å²) < 4.78 is 5.05. The zero-order valence-corrected chi connectivity index (χ0v) is 9.19. The Bertz CT molecular complexity index is 410. The molecule has 84 valence electrons. The Morgan fingerprint density at radius 3 is 2.56 bits per heavy atom. The van der Waals surface area contributed by atoms with E-state index in [1.165, 1.54) is 0 Å². The van der Waals surface area contributed by atoms with Crippen LogP contribution in [0.1, 0.15) is 19.3 Å². The van der Waals surface area contributed by atoms with Crippen LogP contribution in [-0.2, 0) is 4.79 Å². The summed E-state index contributed by atoms with van der Waals surface area (Å²) in [6.45, 7) is 0. The molecule has 1 aromatic carbocycles. The minimum atomic E-state index is 0.154. The second kappa shape index (κ2) is 4.79. The molecule has 1 N–H and O–H groups in total. The predicted octanol–water partition coefficient (Wildman–Crippen LogP) is 2.22. The minimum absolute atomic E-state index is 0.154. The van der Waals surface area contributed by atoms with E-state index in [1.807, 2.05) is 24.3 Å². The molecule has 0 atom stereocenters. The van der Waals surface area contributed by atoms with Crippen LogP contribution in [-0.4, -0.2) is 18.6 Å². The molecule has 2 rings (SSSR count). The molecule has 1 aliphatic carbocycles. The Kier molecular flexibility index (Phi) is 3.19. The fourth-order valence-electron chi connectivity index (χ4n) is 1.62. The number of ether oxygens (including phenoxy) is 1. The van der Waals surface area contributed by atoms with E-state index < -0.39 is 0 Å². The van der Waals surface area contributed by atoms with Crippen LogP contribution in [0.25, 0.3) is 0 Å². The molecule has 0 unspecified atom stereocenters. The molecule has 1 saturated carbocycles. The Hall–Kier alpha value is -1.84. The molecule has 0 aromatic heterocycles. The van der Waals surface area contributed by atoms with E-state index in [9.17, 15) is 4.79 Å². The van der Waals surface area contributed by atoms with Gasteiger partial charge < -0.3 is 4.74 Å². The van der Waals surface area contributed by atoms with E-state index >= 15 is 0 Å². The summed E-state index contributed by atoms with van der Waals surface area (Å²) in [6.07, 6.45) is 2.33. The van der Waals surface area contributed by atoms with Crippen LogP contribution < -0.4 is 10.2 Å². The number of benzene rings is 1. The first-order valence-corrected chi connectivity index (χ1v) is 5.29. The van der Waals surface area contributed by atoms with E-state index in [4.69, 9.17) is 4.74 Å². The molecule has 0 bridgehead atoms. The number of Topliss-reactive ketones (excluding diaryl/α,β-unsaturated/α-hetero) is 1. The zero-order valence-electron chi connectivity index (χ0n) is 9.19. The molecule has 1 fully saturated rings. The molecule has 0 heterocycles. The van der Waals surface area contributed by atoms with Crippen molar-refractivity contribution in [2.75, 3.05) is 12.5 Å². The number of rotatable bonds is 3. The van der Waals surface area contributed by atoms with Crippen molar-refractivity contribution in [2.45, 2.75) is 19.3 Å². The summed E-state index contributed by atoms with van der Waals surface area (Å²) in [5, 5.41) is 4.11. The van der Waals surface area contributed by atoms with E-state index in [0.29, 0.717) is 12.1 Å². The normalized spacial score (nSPS) is 17.8. The average Bonchev–Trinajstić information content (AvgIpc) is 2.73. The van der Waals surface area contributed by atoms with Gasteiger partial charge in [0.2, 0.25) is 0 Å². The third-order valence-electron chi connectivity index (χ3n) is 2.55. The van der Waals surface area contributed by atoms with E-state index in [1.54, 1.807) is 7.11 Å². The van der Waals surface area contributed by atoms with Crippen LogP contribution in [0.15, 0.2) is 29.4 Å². The summed E-state index contributed by atoms with van der Waals surface area (Å²) in [6, 6.07) is 7.42. The first kappa shape index (κ1) is 10.7. The van der Waals surface area contributed by atoms with Gasteiger partial charge in [0, 0.05) is 6.42 Å². The van der Waals surface area contributed by atoms with Gasteiger partial charge in [-0.15, -0.1) is 0 Å². The average molecular weight is 218 g/mol. The highest BCUT2D eigenvalue weighted by Crippen LogP contribution is 2.16. The highest BCUT2D eigenvalue weighted by Gasteiger charge is 2.18. The number of hydrazone groups is 1. The topological polar surface area (TPSA) is 50.7 Å². The molecule has 1 aromatic rings. The van der Waals surface area contributed by atoms with Crippen molar-refractivity contribution in [3.63, 3.8) is 0 Å². The Labute approximate surface area is 94.3 Å². The number of carbonyl (C=O) groups excluding carboxylic acids is 1. The lowest BCUT2D eigenvalue weighted by Gasteiger charge is -2.03. The monoisotopic (exact) mass is 218 g/mol. The van der Waals surface area contributed by atoms with Crippen molar-refractivity contribution in [1.29, 1.82) is 0 Å². The molecule has 0 radical (unpaired) electrons. The van der Waals surface area contributed by atoms with Gasteiger partial charge in [-0.25, -0.2) is 0 Å². The number of hydrogen-bond donors (Lipinski definition) is 1. The van der Waals surface area contributed by atoms with Gasteiger partial charge in [-0.3, -0.25) is 10.2 Å². The number of methoxy groups -OCH3 is 1. The van der Waals surface area contributed by atoms with Crippen LogP contribution in [0.2, 0.25) is 0 Å². The van der Waals surface area contributed by atoms with E-state index in [0.717, 1.165) is 24.3 Å². The van der Waals surface area contributed by atoms with Crippen molar-refractivity contribution in [3.05, 3.63) is 24.3 Å². The summed E-state index contributed by atoms with van der Waals surface area (Å²) in [4.78, 5) is 11.3. The largest absolute Gasteiger partial charge is 0.497 e. The number of anilines is 1. The first-order valence-electron chi connectivity index (χ1n) is 5.29. The Morgan fingerprint density at radius 1 is 1.25 bits per heavy atom. The standard InChI is InChI=1S/C12H14N2O2/c1-16-10-7-5-9(6-8-10)13-14-11-3-2-4-12(11)15/h5-8,13H,2-4H2,1H3. The van der Waals surface area contributed by atoms with Gasteiger partial charge in [-0.05, 0) is 37.1 Å². The van der Waals surface area contributed by atoms with Crippen molar-refractivity contribution >= 4 is 17.2 Å². The number of hydrogen-bond acceptors (Lipinski definition) is 4. The summed E-state index contributed by atoms with van der Waals surface area (Å²) >= 11 is 0. The highest BCUT2D eigenvalue weighted by atomic mass is 16.5. The Morgan fingerprint density at radius 2 is 2.00 bits per heavy atom. The fourth-order valence-corrected chi connectivity index (χ4v) is 1.62. The van der Waals surface area contributed by atoms with Crippen molar-refractivity contribution in [2.24, 2.45) is 5.10 Å². The number of nitrogens with zero attached hydrogens (tertiary/aromatic N) is 1. The van der Waals surface area contributed by atoms with Gasteiger partial charge in [0.1, 0.15) is 11.5 Å². The molecule has 0 amide bonds. The number of ketones is 1. The van der Waals surface area contributed by atoms with Crippen LogP contribution in [0.3, 0.4) is 0 Å². The van der Waals surface area contributed by atoms with Gasteiger partial charge in [0.15, 0.2) is 5.78 Å².